The van der Waals surface area contributed by atoms with E-state index in [2.05, 4.69) is 0 Å². The van der Waals surface area contributed by atoms with E-state index in [1.807, 2.05) is 6.07 Å². The summed E-state index contributed by atoms with van der Waals surface area (Å²) in [6.45, 7) is -0.130. The highest BCUT2D eigenvalue weighted by Gasteiger charge is 2.73. The molecule has 3 saturated heterocycles. The lowest BCUT2D eigenvalue weighted by Crippen LogP contribution is -2.71. The van der Waals surface area contributed by atoms with Crippen LogP contribution in [0.2, 0.25) is 0 Å². The Morgan fingerprint density at radius 1 is 1.18 bits per heavy atom. The fraction of sp³-hybridized carbons (Fsp3) is 0.565. The number of anilines is 1. The highest BCUT2D eigenvalue weighted by Crippen LogP contribution is 2.65. The average Bonchev–Trinajstić information content (AvgIpc) is 3.34. The van der Waals surface area contributed by atoms with Gasteiger partial charge in [-0.15, -0.1) is 0 Å². The van der Waals surface area contributed by atoms with Gasteiger partial charge >= 0.3 is 5.97 Å². The van der Waals surface area contributed by atoms with Crippen LogP contribution in [0.4, 0.5) is 5.69 Å². The summed E-state index contributed by atoms with van der Waals surface area (Å²) in [5.41, 5.74) is 1.04. The van der Waals surface area contributed by atoms with Crippen molar-refractivity contribution in [2.75, 3.05) is 32.3 Å². The summed E-state index contributed by atoms with van der Waals surface area (Å²) in [6, 6.07) is 3.07. The number of methoxy groups -OCH3 is 2. The molecule has 0 unspecified atom stereocenters. The highest BCUT2D eigenvalue weighted by molar-refractivity contribution is 6.38. The van der Waals surface area contributed by atoms with E-state index < -0.39 is 53.7 Å². The maximum Gasteiger partial charge on any atom is 0.329 e. The largest absolute Gasteiger partial charge is 0.493 e. The van der Waals surface area contributed by atoms with E-state index in [1.54, 1.807) is 23.0 Å². The summed E-state index contributed by atoms with van der Waals surface area (Å²) in [7, 11) is 3.08. The highest BCUT2D eigenvalue weighted by atomic mass is 16.5. The van der Waals surface area contributed by atoms with Crippen molar-refractivity contribution in [2.24, 2.45) is 11.8 Å². The second-order valence-corrected chi connectivity index (χ2v) is 9.47. The topological polar surface area (TPSA) is 123 Å². The molecular weight excluding hydrogens is 432 g/mol. The number of ketones is 1. The first-order valence-electron chi connectivity index (χ1n) is 11.1. The average molecular weight is 456 g/mol. The van der Waals surface area contributed by atoms with E-state index in [4.69, 9.17) is 14.2 Å². The molecule has 4 heterocycles. The van der Waals surface area contributed by atoms with Crippen LogP contribution in [-0.2, 0) is 29.3 Å². The van der Waals surface area contributed by atoms with Crippen molar-refractivity contribution < 1.29 is 38.5 Å². The van der Waals surface area contributed by atoms with Crippen LogP contribution in [0.3, 0.4) is 0 Å². The smallest absolute Gasteiger partial charge is 0.329 e. The first kappa shape index (κ1) is 20.5. The molecule has 6 rings (SSSR count). The van der Waals surface area contributed by atoms with Gasteiger partial charge in [0.15, 0.2) is 11.5 Å². The molecule has 174 valence electrons. The van der Waals surface area contributed by atoms with Crippen LogP contribution in [0.15, 0.2) is 12.1 Å². The summed E-state index contributed by atoms with van der Waals surface area (Å²) in [5.74, 6) is -2.33. The van der Waals surface area contributed by atoms with Gasteiger partial charge in [0.1, 0.15) is 6.61 Å². The SMILES string of the molecule is COc1cc2c(cc1OC)[C@]13CCN4C(=O)C(=O)[C@H](C[C@@H]41)[C@H]1[C@@H](OCC(=O)O)CC(=O)N2[C@@H]13. The number of ether oxygens (including phenoxy) is 3. The molecule has 0 aromatic heterocycles. The first-order valence-corrected chi connectivity index (χ1v) is 11.1. The predicted octanol–water partition coefficient (Wildman–Crippen LogP) is 0.350. The lowest BCUT2D eigenvalue weighted by Gasteiger charge is -2.57. The Bertz CT molecular complexity index is 1120. The molecule has 10 nitrogen and oxygen atoms in total. The van der Waals surface area contributed by atoms with Gasteiger partial charge in [-0.3, -0.25) is 14.4 Å². The third kappa shape index (κ3) is 2.36. The van der Waals surface area contributed by atoms with Crippen molar-refractivity contribution in [3.05, 3.63) is 17.7 Å². The standard InChI is InChI=1S/C23H24N2O8/c1-31-13-6-11-12(7-14(13)32-2)25-17(26)8-15(33-9-18(27)28)19-10-5-16-23(11,21(19)25)3-4-24(16)22(30)20(10)29/h6-7,10,15-16,19,21H,3-5,8-9H2,1-2H3,(H,27,28)/t10-,15+,16-,19+,21+,23-/m1/s1. The van der Waals surface area contributed by atoms with Crippen molar-refractivity contribution in [3.63, 3.8) is 0 Å². The second kappa shape index (κ2) is 6.69. The van der Waals surface area contributed by atoms with Gasteiger partial charge in [-0.2, -0.15) is 0 Å². The fourth-order valence-electron chi connectivity index (χ4n) is 7.35. The van der Waals surface area contributed by atoms with Crippen molar-refractivity contribution in [1.29, 1.82) is 0 Å². The van der Waals surface area contributed by atoms with Gasteiger partial charge < -0.3 is 29.1 Å². The number of carboxylic acid groups (broad SMARTS) is 1. The lowest BCUT2D eigenvalue weighted by molar-refractivity contribution is -0.166. The van der Waals surface area contributed by atoms with Crippen molar-refractivity contribution in [2.45, 2.75) is 42.9 Å². The molecule has 1 aromatic carbocycles. The molecule has 0 radical (unpaired) electrons. The Labute approximate surface area is 189 Å². The molecule has 1 aliphatic carbocycles. The van der Waals surface area contributed by atoms with Crippen LogP contribution >= 0.6 is 0 Å². The van der Waals surface area contributed by atoms with Crippen LogP contribution in [0.25, 0.3) is 0 Å². The quantitative estimate of drug-likeness (QED) is 0.630. The lowest BCUT2D eigenvalue weighted by atomic mass is 9.54. The summed E-state index contributed by atoms with van der Waals surface area (Å²) in [5, 5.41) is 9.18. The number of aliphatic carboxylic acids is 1. The van der Waals surface area contributed by atoms with Crippen LogP contribution in [0.1, 0.15) is 24.8 Å². The van der Waals surface area contributed by atoms with Crippen molar-refractivity contribution in [1.82, 2.24) is 4.90 Å². The number of hydrogen-bond donors (Lipinski definition) is 1. The number of rotatable bonds is 5. The van der Waals surface area contributed by atoms with Gasteiger partial charge in [0.05, 0.1) is 38.5 Å². The molecule has 10 heteroatoms. The minimum absolute atomic E-state index is 0.0509. The number of benzene rings is 1. The minimum atomic E-state index is -1.14. The van der Waals surface area contributed by atoms with Gasteiger partial charge in [-0.25, -0.2) is 4.79 Å². The number of hydrogen-bond acceptors (Lipinski definition) is 7. The van der Waals surface area contributed by atoms with Gasteiger partial charge in [0.25, 0.3) is 5.91 Å². The van der Waals surface area contributed by atoms with Crippen LogP contribution in [-0.4, -0.2) is 79.1 Å². The first-order chi connectivity index (χ1) is 15.8. The maximum absolute atomic E-state index is 13.5. The van der Waals surface area contributed by atoms with Crippen LogP contribution in [0, 0.1) is 11.8 Å². The summed E-state index contributed by atoms with van der Waals surface area (Å²) in [4.78, 5) is 54.3. The third-order valence-electron chi connectivity index (χ3n) is 8.42. The molecule has 1 saturated carbocycles. The Balaban J connectivity index is 1.58. The zero-order valence-corrected chi connectivity index (χ0v) is 18.3. The molecule has 1 aromatic rings. The van der Waals surface area contributed by atoms with Crippen molar-refractivity contribution in [3.8, 4) is 11.5 Å². The van der Waals surface area contributed by atoms with E-state index in [9.17, 15) is 24.3 Å². The monoisotopic (exact) mass is 456 g/mol. The summed E-state index contributed by atoms with van der Waals surface area (Å²) in [6.07, 6.45) is 0.279. The predicted molar refractivity (Wildman–Crippen MR) is 111 cm³/mol. The van der Waals surface area contributed by atoms with Crippen molar-refractivity contribution >= 4 is 29.3 Å². The van der Waals surface area contributed by atoms with E-state index in [-0.39, 0.29) is 18.4 Å². The molecule has 33 heavy (non-hydrogen) atoms. The maximum atomic E-state index is 13.5. The van der Waals surface area contributed by atoms with Gasteiger partial charge in [-0.05, 0) is 24.5 Å². The molecule has 1 spiro atoms. The zero-order chi connectivity index (χ0) is 23.2. The number of carbonyl (C=O) groups excluding carboxylic acids is 3. The van der Waals surface area contributed by atoms with Crippen LogP contribution in [0.5, 0.6) is 11.5 Å². The fourth-order valence-corrected chi connectivity index (χ4v) is 7.35. The normalized spacial score (nSPS) is 35.5. The van der Waals surface area contributed by atoms with E-state index in [1.165, 1.54) is 7.11 Å². The number of fused-ring (bicyclic) bond motifs is 4. The third-order valence-corrected chi connectivity index (χ3v) is 8.42. The molecule has 5 aliphatic rings. The summed E-state index contributed by atoms with van der Waals surface area (Å²) >= 11 is 0. The molecular formula is C23H24N2O8. The van der Waals surface area contributed by atoms with Gasteiger partial charge in [0.2, 0.25) is 11.7 Å². The molecule has 6 atom stereocenters. The number of carbonyl (C=O) groups is 4. The number of piperidine rings is 2. The van der Waals surface area contributed by atoms with E-state index >= 15 is 0 Å². The van der Waals surface area contributed by atoms with Crippen LogP contribution < -0.4 is 14.4 Å². The number of amides is 2. The number of nitrogens with zero attached hydrogens (tertiary/aromatic N) is 2. The molecule has 1 N–H and O–H groups in total. The Morgan fingerprint density at radius 3 is 2.61 bits per heavy atom. The summed E-state index contributed by atoms with van der Waals surface area (Å²) < 4.78 is 16.8. The molecule has 2 bridgehead atoms. The van der Waals surface area contributed by atoms with Gasteiger partial charge in [-0.1, -0.05) is 0 Å². The molecule has 2 amide bonds. The van der Waals surface area contributed by atoms with Gasteiger partial charge in [0, 0.05) is 35.9 Å². The van der Waals surface area contributed by atoms with E-state index in [0.29, 0.717) is 36.6 Å². The second-order valence-electron chi connectivity index (χ2n) is 9.47. The molecule has 4 fully saturated rings. The Morgan fingerprint density at radius 2 is 1.91 bits per heavy atom. The Hall–Kier alpha value is -3.14. The molecule has 4 aliphatic heterocycles. The Kier molecular flexibility index (Phi) is 4.15. The number of Topliss-reactive ketones (excluding diaryl/α,β-unsaturated/α-hetero) is 1. The minimum Gasteiger partial charge on any atom is -0.493 e. The number of carboxylic acids is 1. The van der Waals surface area contributed by atoms with E-state index in [0.717, 1.165) is 5.56 Å². The zero-order valence-electron chi connectivity index (χ0n) is 18.3.